The van der Waals surface area contributed by atoms with Crippen LogP contribution in [0, 0.1) is 0 Å². The van der Waals surface area contributed by atoms with Gasteiger partial charge in [-0.25, -0.2) is 0 Å². The van der Waals surface area contributed by atoms with E-state index in [9.17, 15) is 5.11 Å². The zero-order chi connectivity index (χ0) is 8.43. The van der Waals surface area contributed by atoms with E-state index in [2.05, 4.69) is 25.8 Å². The first-order valence-electron chi connectivity index (χ1n) is 4.53. The zero-order valence-corrected chi connectivity index (χ0v) is 7.75. The molecule has 1 rings (SSSR count). The Kier molecular flexibility index (Phi) is 2.90. The van der Waals surface area contributed by atoms with Gasteiger partial charge in [0, 0.05) is 12.1 Å². The van der Waals surface area contributed by atoms with E-state index < -0.39 is 0 Å². The number of likely N-dealkylation sites (N-methyl/N-ethyl adjacent to an activating group) is 1. The Morgan fingerprint density at radius 2 is 2.00 bits per heavy atom. The van der Waals surface area contributed by atoms with E-state index >= 15 is 0 Å². The van der Waals surface area contributed by atoms with E-state index in [4.69, 9.17) is 0 Å². The summed E-state index contributed by atoms with van der Waals surface area (Å²) in [7, 11) is 2.10. The molecule has 2 heteroatoms. The molecule has 0 spiro atoms. The average Bonchev–Trinajstić information content (AvgIpc) is 2.33. The molecule has 0 radical (unpaired) electrons. The fraction of sp³-hybridized carbons (Fsp3) is 1.00. The lowest BCUT2D eigenvalue weighted by atomic mass is 10.1. The van der Waals surface area contributed by atoms with Crippen LogP contribution in [0.4, 0.5) is 0 Å². The van der Waals surface area contributed by atoms with Crippen molar-refractivity contribution < 1.29 is 5.11 Å². The highest BCUT2D eigenvalue weighted by molar-refractivity contribution is 4.84. The van der Waals surface area contributed by atoms with Gasteiger partial charge in [0.1, 0.15) is 0 Å². The van der Waals surface area contributed by atoms with Crippen LogP contribution in [-0.4, -0.2) is 35.2 Å². The molecule has 1 aliphatic rings. The van der Waals surface area contributed by atoms with E-state index in [1.807, 2.05) is 0 Å². The highest BCUT2D eigenvalue weighted by Gasteiger charge is 2.29. The predicted octanol–water partition coefficient (Wildman–Crippen LogP) is 1.24. The van der Waals surface area contributed by atoms with E-state index in [1.165, 1.54) is 6.42 Å². The fourth-order valence-corrected chi connectivity index (χ4v) is 1.78. The molecule has 0 amide bonds. The van der Waals surface area contributed by atoms with E-state index in [1.54, 1.807) is 0 Å². The van der Waals surface area contributed by atoms with Crippen molar-refractivity contribution in [3.63, 3.8) is 0 Å². The van der Waals surface area contributed by atoms with Gasteiger partial charge < -0.3 is 5.11 Å². The molecule has 11 heavy (non-hydrogen) atoms. The van der Waals surface area contributed by atoms with Crippen LogP contribution in [0.15, 0.2) is 0 Å². The molecule has 0 unspecified atom stereocenters. The third kappa shape index (κ3) is 1.94. The third-order valence-electron chi connectivity index (χ3n) is 2.78. The third-order valence-corrected chi connectivity index (χ3v) is 2.78. The summed E-state index contributed by atoms with van der Waals surface area (Å²) >= 11 is 0. The SMILES string of the molecule is CC(C)N(C)[C@H]1CCC[C@@H]1O. The fourth-order valence-electron chi connectivity index (χ4n) is 1.78. The molecule has 0 aliphatic heterocycles. The lowest BCUT2D eigenvalue weighted by Crippen LogP contribution is -2.41. The number of aliphatic hydroxyl groups excluding tert-OH is 1. The monoisotopic (exact) mass is 157 g/mol. The van der Waals surface area contributed by atoms with Crippen molar-refractivity contribution in [2.45, 2.75) is 51.3 Å². The molecule has 0 heterocycles. The van der Waals surface area contributed by atoms with Crippen molar-refractivity contribution >= 4 is 0 Å². The molecular formula is C9H19NO. The summed E-state index contributed by atoms with van der Waals surface area (Å²) in [6.45, 7) is 4.34. The van der Waals surface area contributed by atoms with Crippen LogP contribution in [-0.2, 0) is 0 Å². The second-order valence-electron chi connectivity index (χ2n) is 3.82. The van der Waals surface area contributed by atoms with Gasteiger partial charge in [-0.3, -0.25) is 4.90 Å². The Hall–Kier alpha value is -0.0800. The van der Waals surface area contributed by atoms with Crippen molar-refractivity contribution in [1.29, 1.82) is 0 Å². The van der Waals surface area contributed by atoms with Gasteiger partial charge in [-0.2, -0.15) is 0 Å². The van der Waals surface area contributed by atoms with Crippen LogP contribution in [0.2, 0.25) is 0 Å². The van der Waals surface area contributed by atoms with Crippen molar-refractivity contribution in [3.05, 3.63) is 0 Å². The molecule has 1 saturated carbocycles. The molecule has 0 aromatic rings. The summed E-state index contributed by atoms with van der Waals surface area (Å²) in [6.07, 6.45) is 3.25. The molecule has 2 atom stereocenters. The summed E-state index contributed by atoms with van der Waals surface area (Å²) in [5, 5.41) is 9.57. The Morgan fingerprint density at radius 3 is 2.36 bits per heavy atom. The summed E-state index contributed by atoms with van der Waals surface area (Å²) in [6, 6.07) is 0.961. The van der Waals surface area contributed by atoms with Crippen molar-refractivity contribution in [3.8, 4) is 0 Å². The molecule has 1 aliphatic carbocycles. The summed E-state index contributed by atoms with van der Waals surface area (Å²) in [5.74, 6) is 0. The topological polar surface area (TPSA) is 23.5 Å². The number of hydrogen-bond acceptors (Lipinski definition) is 2. The van der Waals surface area contributed by atoms with Gasteiger partial charge >= 0.3 is 0 Å². The van der Waals surface area contributed by atoms with Crippen molar-refractivity contribution in [2.24, 2.45) is 0 Å². The molecule has 0 saturated heterocycles. The average molecular weight is 157 g/mol. The minimum Gasteiger partial charge on any atom is -0.391 e. The van der Waals surface area contributed by atoms with Crippen LogP contribution < -0.4 is 0 Å². The van der Waals surface area contributed by atoms with Gasteiger partial charge in [-0.05, 0) is 40.2 Å². The Bertz CT molecular complexity index is 125. The van der Waals surface area contributed by atoms with Crippen LogP contribution in [0.5, 0.6) is 0 Å². The molecule has 0 bridgehead atoms. The smallest absolute Gasteiger partial charge is 0.0695 e. The van der Waals surface area contributed by atoms with E-state index in [-0.39, 0.29) is 6.10 Å². The number of hydrogen-bond donors (Lipinski definition) is 1. The molecule has 2 nitrogen and oxygen atoms in total. The van der Waals surface area contributed by atoms with Crippen LogP contribution >= 0.6 is 0 Å². The first kappa shape index (κ1) is 9.01. The summed E-state index contributed by atoms with van der Waals surface area (Å²) < 4.78 is 0. The normalized spacial score (nSPS) is 32.2. The van der Waals surface area contributed by atoms with E-state index in [0.29, 0.717) is 12.1 Å². The molecule has 66 valence electrons. The number of rotatable bonds is 2. The lowest BCUT2D eigenvalue weighted by molar-refractivity contribution is 0.0700. The van der Waals surface area contributed by atoms with Crippen LogP contribution in [0.25, 0.3) is 0 Å². The highest BCUT2D eigenvalue weighted by atomic mass is 16.3. The maximum Gasteiger partial charge on any atom is 0.0695 e. The number of nitrogens with zero attached hydrogens (tertiary/aromatic N) is 1. The molecule has 1 fully saturated rings. The largest absolute Gasteiger partial charge is 0.391 e. The Labute approximate surface area is 69.2 Å². The van der Waals surface area contributed by atoms with Crippen LogP contribution in [0.3, 0.4) is 0 Å². The molecule has 0 aromatic carbocycles. The predicted molar refractivity (Wildman–Crippen MR) is 46.5 cm³/mol. The van der Waals surface area contributed by atoms with Gasteiger partial charge in [0.25, 0.3) is 0 Å². The second kappa shape index (κ2) is 3.55. The van der Waals surface area contributed by atoms with E-state index in [0.717, 1.165) is 12.8 Å². The van der Waals surface area contributed by atoms with Crippen molar-refractivity contribution in [1.82, 2.24) is 4.90 Å². The Balaban J connectivity index is 2.45. The Morgan fingerprint density at radius 1 is 1.36 bits per heavy atom. The van der Waals surface area contributed by atoms with Gasteiger partial charge in [-0.1, -0.05) is 0 Å². The summed E-state index contributed by atoms with van der Waals surface area (Å²) in [5.41, 5.74) is 0. The first-order chi connectivity index (χ1) is 5.13. The standard InChI is InChI=1S/C9H19NO/c1-7(2)10(3)8-5-4-6-9(8)11/h7-9,11H,4-6H2,1-3H3/t8-,9-/m0/s1. The summed E-state index contributed by atoms with van der Waals surface area (Å²) in [4.78, 5) is 2.28. The van der Waals surface area contributed by atoms with Gasteiger partial charge in [0.15, 0.2) is 0 Å². The minimum atomic E-state index is -0.0811. The van der Waals surface area contributed by atoms with Crippen LogP contribution in [0.1, 0.15) is 33.1 Å². The maximum atomic E-state index is 9.57. The zero-order valence-electron chi connectivity index (χ0n) is 7.75. The molecule has 0 aromatic heterocycles. The van der Waals surface area contributed by atoms with Crippen molar-refractivity contribution in [2.75, 3.05) is 7.05 Å². The second-order valence-corrected chi connectivity index (χ2v) is 3.82. The van der Waals surface area contributed by atoms with Gasteiger partial charge in [0.2, 0.25) is 0 Å². The van der Waals surface area contributed by atoms with Gasteiger partial charge in [-0.15, -0.1) is 0 Å². The van der Waals surface area contributed by atoms with Gasteiger partial charge in [0.05, 0.1) is 6.10 Å². The molecule has 1 N–H and O–H groups in total. The quantitative estimate of drug-likeness (QED) is 0.652. The number of aliphatic hydroxyl groups is 1. The lowest BCUT2D eigenvalue weighted by Gasteiger charge is -2.30. The minimum absolute atomic E-state index is 0.0811. The molecular weight excluding hydrogens is 138 g/mol. The first-order valence-corrected chi connectivity index (χ1v) is 4.53. The maximum absolute atomic E-state index is 9.57. The highest BCUT2D eigenvalue weighted by Crippen LogP contribution is 2.24.